The van der Waals surface area contributed by atoms with Gasteiger partial charge in [-0.3, -0.25) is 4.79 Å². The van der Waals surface area contributed by atoms with Crippen LogP contribution < -0.4 is 5.32 Å². The fourth-order valence-corrected chi connectivity index (χ4v) is 5.62. The Hall–Kier alpha value is -2.18. The van der Waals surface area contributed by atoms with Crippen LogP contribution in [0.4, 0.5) is 5.69 Å². The summed E-state index contributed by atoms with van der Waals surface area (Å²) in [6.07, 6.45) is 2.01. The summed E-state index contributed by atoms with van der Waals surface area (Å²) in [7, 11) is 0. The SMILES string of the molecule is Cc1ccc(NC(=O)C23CCC(C)(/C(=N\OC(=O)c4ccc(Br)cc4)C2)C3(C)C)cc1Cl. The Morgan fingerprint density at radius 2 is 1.78 bits per heavy atom. The minimum absolute atomic E-state index is 0.0458. The highest BCUT2D eigenvalue weighted by Gasteiger charge is 2.71. The quantitative estimate of drug-likeness (QED) is 0.359. The molecular formula is C25H26BrClN2O3. The minimum Gasteiger partial charge on any atom is -0.326 e. The van der Waals surface area contributed by atoms with E-state index < -0.39 is 11.4 Å². The van der Waals surface area contributed by atoms with Gasteiger partial charge in [0.25, 0.3) is 0 Å². The number of carbonyl (C=O) groups excluding carboxylic acids is 2. The molecule has 2 aliphatic carbocycles. The number of nitrogens with zero attached hydrogens (tertiary/aromatic N) is 1. The lowest BCUT2D eigenvalue weighted by Gasteiger charge is -2.39. The Bertz CT molecular complexity index is 1130. The van der Waals surface area contributed by atoms with Gasteiger partial charge in [-0.05, 0) is 67.1 Å². The zero-order valence-corrected chi connectivity index (χ0v) is 20.9. The number of benzene rings is 2. The second-order valence-corrected chi connectivity index (χ2v) is 10.9. The molecule has 5 nitrogen and oxygen atoms in total. The molecule has 2 aromatic rings. The van der Waals surface area contributed by atoms with Gasteiger partial charge in [0.15, 0.2) is 0 Å². The third-order valence-electron chi connectivity index (χ3n) is 7.92. The number of hydrogen-bond acceptors (Lipinski definition) is 4. The van der Waals surface area contributed by atoms with E-state index in [1.54, 1.807) is 30.3 Å². The van der Waals surface area contributed by atoms with Crippen LogP contribution in [0.3, 0.4) is 0 Å². The van der Waals surface area contributed by atoms with Crippen LogP contribution in [0.15, 0.2) is 52.1 Å². The van der Waals surface area contributed by atoms with Crippen LogP contribution in [0, 0.1) is 23.2 Å². The maximum Gasteiger partial charge on any atom is 0.365 e. The molecule has 2 aromatic carbocycles. The summed E-state index contributed by atoms with van der Waals surface area (Å²) in [6, 6.07) is 12.5. The Labute approximate surface area is 201 Å². The molecule has 1 amide bonds. The molecule has 1 N–H and O–H groups in total. The zero-order valence-electron chi connectivity index (χ0n) is 18.6. The predicted octanol–water partition coefficient (Wildman–Crippen LogP) is 6.78. The number of carbonyl (C=O) groups is 2. The van der Waals surface area contributed by atoms with Gasteiger partial charge in [-0.1, -0.05) is 59.5 Å². The number of aryl methyl sites for hydroxylation is 1. The van der Waals surface area contributed by atoms with E-state index in [1.807, 2.05) is 19.1 Å². The number of hydrogen-bond donors (Lipinski definition) is 1. The van der Waals surface area contributed by atoms with Crippen molar-refractivity contribution in [3.8, 4) is 0 Å². The molecule has 2 unspecified atom stereocenters. The number of nitrogens with one attached hydrogen (secondary N) is 1. The topological polar surface area (TPSA) is 67.8 Å². The number of amides is 1. The second-order valence-electron chi connectivity index (χ2n) is 9.56. The molecule has 0 aromatic heterocycles. The molecule has 2 atom stereocenters. The Morgan fingerprint density at radius 1 is 1.09 bits per heavy atom. The molecule has 2 fully saturated rings. The predicted molar refractivity (Wildman–Crippen MR) is 130 cm³/mol. The van der Waals surface area contributed by atoms with Gasteiger partial charge in [0.2, 0.25) is 5.91 Å². The van der Waals surface area contributed by atoms with Crippen LogP contribution in [0.25, 0.3) is 0 Å². The molecule has 2 bridgehead atoms. The van der Waals surface area contributed by atoms with Crippen LogP contribution in [0.5, 0.6) is 0 Å². The third kappa shape index (κ3) is 3.48. The number of halogens is 2. The fraction of sp³-hybridized carbons (Fsp3) is 0.400. The van der Waals surface area contributed by atoms with Crippen molar-refractivity contribution in [1.29, 1.82) is 0 Å². The summed E-state index contributed by atoms with van der Waals surface area (Å²) in [5.41, 5.74) is 1.49. The molecule has 32 heavy (non-hydrogen) atoms. The Kier molecular flexibility index (Phi) is 5.74. The zero-order chi connectivity index (χ0) is 23.3. The first-order chi connectivity index (χ1) is 15.0. The van der Waals surface area contributed by atoms with Crippen LogP contribution >= 0.6 is 27.5 Å². The van der Waals surface area contributed by atoms with E-state index in [0.717, 1.165) is 28.6 Å². The van der Waals surface area contributed by atoms with Gasteiger partial charge in [0.1, 0.15) is 0 Å². The first-order valence-corrected chi connectivity index (χ1v) is 11.8. The summed E-state index contributed by atoms with van der Waals surface area (Å²) >= 11 is 9.60. The summed E-state index contributed by atoms with van der Waals surface area (Å²) in [6.45, 7) is 8.26. The van der Waals surface area contributed by atoms with Crippen molar-refractivity contribution in [3.05, 3.63) is 63.1 Å². The number of fused-ring (bicyclic) bond motifs is 2. The summed E-state index contributed by atoms with van der Waals surface area (Å²) < 4.78 is 0.880. The van der Waals surface area contributed by atoms with Gasteiger partial charge in [0.05, 0.1) is 16.7 Å². The van der Waals surface area contributed by atoms with Crippen LogP contribution in [0.2, 0.25) is 5.02 Å². The van der Waals surface area contributed by atoms with Crippen molar-refractivity contribution in [2.24, 2.45) is 21.4 Å². The lowest BCUT2D eigenvalue weighted by atomic mass is 9.64. The fourth-order valence-electron chi connectivity index (χ4n) is 5.18. The Morgan fingerprint density at radius 3 is 2.44 bits per heavy atom. The van der Waals surface area contributed by atoms with Crippen LogP contribution in [0.1, 0.15) is 56.0 Å². The first kappa shape index (κ1) is 23.0. The van der Waals surface area contributed by atoms with Crippen LogP contribution in [-0.4, -0.2) is 17.6 Å². The Balaban J connectivity index is 1.58. The van der Waals surface area contributed by atoms with Crippen molar-refractivity contribution >= 4 is 50.8 Å². The summed E-state index contributed by atoms with van der Waals surface area (Å²) in [5.74, 6) is -0.558. The van der Waals surface area contributed by atoms with E-state index in [4.69, 9.17) is 16.4 Å². The van der Waals surface area contributed by atoms with Gasteiger partial charge in [-0.15, -0.1) is 0 Å². The minimum atomic E-state index is -0.637. The van der Waals surface area contributed by atoms with E-state index in [1.165, 1.54) is 0 Å². The second kappa shape index (κ2) is 7.99. The average Bonchev–Trinajstić information content (AvgIpc) is 3.06. The molecule has 7 heteroatoms. The number of oxime groups is 1. The smallest absolute Gasteiger partial charge is 0.326 e. The van der Waals surface area contributed by atoms with Crippen LogP contribution in [-0.2, 0) is 9.63 Å². The molecule has 0 spiro atoms. The lowest BCUT2D eigenvalue weighted by Crippen LogP contribution is -2.43. The van der Waals surface area contributed by atoms with Crippen molar-refractivity contribution in [2.75, 3.05) is 5.32 Å². The average molecular weight is 518 g/mol. The molecule has 2 aliphatic rings. The summed E-state index contributed by atoms with van der Waals surface area (Å²) in [5, 5.41) is 7.97. The lowest BCUT2D eigenvalue weighted by molar-refractivity contribution is -0.130. The highest BCUT2D eigenvalue weighted by atomic mass is 79.9. The molecule has 2 saturated carbocycles. The molecule has 168 valence electrons. The number of anilines is 1. The molecule has 0 radical (unpaired) electrons. The monoisotopic (exact) mass is 516 g/mol. The standard InChI is InChI=1S/C25H26BrClN2O3/c1-15-5-10-18(13-19(15)27)28-22(31)25-12-11-24(4,23(25,2)3)20(14-25)29-32-21(30)16-6-8-17(26)9-7-16/h5-10,13H,11-12,14H2,1-4H3,(H,28,31)/b29-20-. The third-order valence-corrected chi connectivity index (χ3v) is 8.85. The molecule has 0 heterocycles. The van der Waals surface area contributed by atoms with Gasteiger partial charge >= 0.3 is 5.97 Å². The van der Waals surface area contributed by atoms with E-state index in [9.17, 15) is 9.59 Å². The first-order valence-electron chi connectivity index (χ1n) is 10.6. The normalized spacial score (nSPS) is 26.9. The van der Waals surface area contributed by atoms with Gasteiger partial charge in [-0.2, -0.15) is 0 Å². The van der Waals surface area contributed by atoms with E-state index in [0.29, 0.717) is 22.7 Å². The highest BCUT2D eigenvalue weighted by molar-refractivity contribution is 9.10. The summed E-state index contributed by atoms with van der Waals surface area (Å²) in [4.78, 5) is 31.3. The van der Waals surface area contributed by atoms with E-state index in [-0.39, 0.29) is 16.7 Å². The maximum absolute atomic E-state index is 13.6. The van der Waals surface area contributed by atoms with Gasteiger partial charge < -0.3 is 10.2 Å². The van der Waals surface area contributed by atoms with E-state index >= 15 is 0 Å². The van der Waals surface area contributed by atoms with Crippen molar-refractivity contribution in [2.45, 2.75) is 47.0 Å². The van der Waals surface area contributed by atoms with E-state index in [2.05, 4.69) is 47.2 Å². The van der Waals surface area contributed by atoms with Gasteiger partial charge in [-0.25, -0.2) is 4.79 Å². The van der Waals surface area contributed by atoms with Crippen molar-refractivity contribution in [3.63, 3.8) is 0 Å². The molecule has 0 aliphatic heterocycles. The maximum atomic E-state index is 13.6. The largest absolute Gasteiger partial charge is 0.365 e. The molecule has 0 saturated heterocycles. The van der Waals surface area contributed by atoms with Gasteiger partial charge in [0, 0.05) is 27.0 Å². The number of rotatable bonds is 4. The molecule has 4 rings (SSSR count). The van der Waals surface area contributed by atoms with Crippen molar-refractivity contribution in [1.82, 2.24) is 0 Å². The molecular weight excluding hydrogens is 492 g/mol. The highest BCUT2D eigenvalue weighted by Crippen LogP contribution is 2.71. The van der Waals surface area contributed by atoms with Crippen molar-refractivity contribution < 1.29 is 14.4 Å².